The summed E-state index contributed by atoms with van der Waals surface area (Å²) < 4.78 is 0. The van der Waals surface area contributed by atoms with Crippen LogP contribution in [-0.4, -0.2) is 238 Å². The van der Waals surface area contributed by atoms with Crippen LogP contribution in [0.3, 0.4) is 0 Å². The summed E-state index contributed by atoms with van der Waals surface area (Å²) in [5.41, 5.74) is 7.21. The number of imidazole rings is 2. The van der Waals surface area contributed by atoms with Crippen molar-refractivity contribution in [3.8, 4) is 0 Å². The summed E-state index contributed by atoms with van der Waals surface area (Å²) in [6, 6.07) is -13.5. The quantitative estimate of drug-likeness (QED) is 0.0312. The number of thioether (sulfide) groups is 2. The number of aliphatic hydroxyl groups is 3. The van der Waals surface area contributed by atoms with Crippen molar-refractivity contribution in [3.63, 3.8) is 0 Å². The minimum absolute atomic E-state index is 0.00427. The van der Waals surface area contributed by atoms with E-state index < -0.39 is 151 Å². The Labute approximate surface area is 488 Å². The number of likely N-dealkylation sites (tertiary alicyclic amines) is 2. The second-order valence-corrected chi connectivity index (χ2v) is 22.8. The number of amides is 10. The fourth-order valence-corrected chi connectivity index (χ4v) is 10.3. The standard InChI is InChI=1S/C51H81N15O15S2/c1-26(2)17-34(44(73)63-40(27(3)68)48(77)60-33(12-16-83-6)43(72)61-35(19-30-21-54-25-57-30)50(79)66-14-8-10-38(66)51(80)81)58-39(70)22-55-42(71)32(11-15-82-5)59-47(76)41(28(4)69)64-45(74)36(23-67)62-46(75)37-9-7-13-65(37)49(78)31(52)18-29-20-53-24-56-29/h20-21,24-28,31-38,40-41,67-69H,7-19,22-23,52H2,1-6H3,(H,53,56)(H,54,57)(H,55,71)(H,58,70)(H,59,76)(H,60,77)(H,61,72)(H,62,75)(H,63,73)(H,64,74)(H,80,81)/t27-,28-,31+,32+,33+,34+,35+,36+,37+,38+,40+,41+/m1/s1. The Morgan fingerprint density at radius 1 is 0.627 bits per heavy atom. The van der Waals surface area contributed by atoms with Crippen LogP contribution in [-0.2, 0) is 65.6 Å². The number of aliphatic carboxylic acids is 1. The van der Waals surface area contributed by atoms with Crippen LogP contribution < -0.4 is 48.3 Å². The van der Waals surface area contributed by atoms with Gasteiger partial charge in [-0.3, -0.25) is 47.9 Å². The van der Waals surface area contributed by atoms with E-state index in [1.807, 2.05) is 0 Å². The third kappa shape index (κ3) is 21.1. The van der Waals surface area contributed by atoms with Gasteiger partial charge in [-0.25, -0.2) is 14.8 Å². The van der Waals surface area contributed by atoms with E-state index in [-0.39, 0.29) is 64.0 Å². The molecule has 83 heavy (non-hydrogen) atoms. The maximum absolute atomic E-state index is 14.0. The number of carboxylic acids is 1. The van der Waals surface area contributed by atoms with Gasteiger partial charge in [0.1, 0.15) is 54.4 Å². The van der Waals surface area contributed by atoms with E-state index in [1.54, 1.807) is 26.4 Å². The SMILES string of the molecule is CSCC[C@H](NC(=O)[C@@H](NC(=O)[C@H](CO)NC(=O)[C@@H]1CCCN1C(=O)[C@@H](N)Cc1cnc[nH]1)[C@@H](C)O)C(=O)NCC(=O)N[C@@H](CC(C)C)C(=O)N[C@H](C(=O)N[C@@H](CCSC)C(=O)N[C@@H](Cc1cnc[nH]1)C(=O)N1CCC[C@H]1C(=O)O)[C@@H](C)O. The molecule has 10 amide bonds. The monoisotopic (exact) mass is 1210 g/mol. The molecule has 0 bridgehead atoms. The fourth-order valence-electron chi connectivity index (χ4n) is 9.36. The molecule has 462 valence electrons. The van der Waals surface area contributed by atoms with Crippen molar-refractivity contribution in [1.82, 2.24) is 72.3 Å². The lowest BCUT2D eigenvalue weighted by Crippen LogP contribution is -2.62. The molecule has 2 aliphatic rings. The Kier molecular flexibility index (Phi) is 28.1. The molecule has 32 heteroatoms. The Morgan fingerprint density at radius 2 is 1.11 bits per heavy atom. The molecule has 4 rings (SSSR count). The molecule has 4 heterocycles. The van der Waals surface area contributed by atoms with Gasteiger partial charge >= 0.3 is 5.97 Å². The molecule has 0 aliphatic carbocycles. The predicted octanol–water partition coefficient (Wildman–Crippen LogP) is -4.87. The molecular weight excluding hydrogens is 1130 g/mol. The summed E-state index contributed by atoms with van der Waals surface area (Å²) in [5, 5.41) is 61.2. The second kappa shape index (κ2) is 34.0. The topological polar surface area (TPSA) is 455 Å². The van der Waals surface area contributed by atoms with Crippen LogP contribution in [0, 0.1) is 5.92 Å². The lowest BCUT2D eigenvalue weighted by molar-refractivity contribution is -0.149. The molecular formula is C51H81N15O15S2. The van der Waals surface area contributed by atoms with E-state index in [0.29, 0.717) is 35.7 Å². The average Bonchev–Trinajstić information content (AvgIpc) is 4.49. The van der Waals surface area contributed by atoms with Crippen molar-refractivity contribution in [2.24, 2.45) is 11.7 Å². The summed E-state index contributed by atoms with van der Waals surface area (Å²) >= 11 is 2.66. The molecule has 16 N–H and O–H groups in total. The lowest BCUT2D eigenvalue weighted by Gasteiger charge is -2.30. The summed E-state index contributed by atoms with van der Waals surface area (Å²) in [4.78, 5) is 165. The highest BCUT2D eigenvalue weighted by molar-refractivity contribution is 7.98. The summed E-state index contributed by atoms with van der Waals surface area (Å²) in [5.74, 6) is -9.29. The summed E-state index contributed by atoms with van der Waals surface area (Å²) in [7, 11) is 0. The van der Waals surface area contributed by atoms with E-state index in [0.717, 1.165) is 0 Å². The summed E-state index contributed by atoms with van der Waals surface area (Å²) in [6.45, 7) is 4.58. The van der Waals surface area contributed by atoms with Gasteiger partial charge in [-0.05, 0) is 88.7 Å². The molecule has 0 aromatic carbocycles. The number of nitrogens with zero attached hydrogens (tertiary/aromatic N) is 4. The number of hydrogen-bond donors (Lipinski definition) is 15. The van der Waals surface area contributed by atoms with Crippen molar-refractivity contribution in [3.05, 3.63) is 36.4 Å². The minimum atomic E-state index is -1.73. The Balaban J connectivity index is 1.38. The van der Waals surface area contributed by atoms with Gasteiger partial charge in [0, 0.05) is 49.7 Å². The lowest BCUT2D eigenvalue weighted by atomic mass is 10.0. The number of aromatic nitrogens is 4. The van der Waals surface area contributed by atoms with Crippen LogP contribution in [0.15, 0.2) is 25.0 Å². The highest BCUT2D eigenvalue weighted by Gasteiger charge is 2.41. The number of hydrogen-bond acceptors (Lipinski definition) is 19. The Morgan fingerprint density at radius 3 is 1.59 bits per heavy atom. The maximum Gasteiger partial charge on any atom is 0.326 e. The molecule has 0 radical (unpaired) electrons. The zero-order valence-corrected chi connectivity index (χ0v) is 49.0. The Bertz CT molecular complexity index is 2510. The van der Waals surface area contributed by atoms with Crippen molar-refractivity contribution < 1.29 is 73.2 Å². The highest BCUT2D eigenvalue weighted by Crippen LogP contribution is 2.21. The third-order valence-corrected chi connectivity index (χ3v) is 15.1. The normalized spacial score (nSPS) is 18.6. The number of rotatable bonds is 34. The van der Waals surface area contributed by atoms with Gasteiger partial charge in [0.25, 0.3) is 0 Å². The first-order valence-corrected chi connectivity index (χ1v) is 30.1. The number of carbonyl (C=O) groups excluding carboxylic acids is 10. The van der Waals surface area contributed by atoms with Crippen LogP contribution in [0.2, 0.25) is 0 Å². The van der Waals surface area contributed by atoms with Gasteiger partial charge in [-0.2, -0.15) is 23.5 Å². The number of carbonyl (C=O) groups is 11. The molecule has 0 unspecified atom stereocenters. The van der Waals surface area contributed by atoms with Gasteiger partial charge in [0.05, 0.1) is 44.1 Å². The van der Waals surface area contributed by atoms with Gasteiger partial charge < -0.3 is 88.5 Å². The average molecular weight is 1210 g/mol. The number of aromatic amines is 2. The molecule has 2 fully saturated rings. The van der Waals surface area contributed by atoms with E-state index in [4.69, 9.17) is 5.73 Å². The third-order valence-electron chi connectivity index (χ3n) is 13.8. The smallest absolute Gasteiger partial charge is 0.326 e. The molecule has 0 spiro atoms. The van der Waals surface area contributed by atoms with Gasteiger partial charge in [-0.15, -0.1) is 0 Å². The molecule has 0 saturated carbocycles. The number of aliphatic hydroxyl groups excluding tert-OH is 3. The number of nitrogens with one attached hydrogen (secondary N) is 10. The van der Waals surface area contributed by atoms with Gasteiger partial charge in [0.15, 0.2) is 0 Å². The van der Waals surface area contributed by atoms with Gasteiger partial charge in [0.2, 0.25) is 59.1 Å². The largest absolute Gasteiger partial charge is 0.480 e. The zero-order chi connectivity index (χ0) is 61.5. The predicted molar refractivity (Wildman–Crippen MR) is 302 cm³/mol. The van der Waals surface area contributed by atoms with E-state index in [2.05, 4.69) is 62.5 Å². The number of nitrogens with two attached hydrogens (primary N) is 1. The second-order valence-electron chi connectivity index (χ2n) is 20.8. The molecule has 2 saturated heterocycles. The van der Waals surface area contributed by atoms with Crippen molar-refractivity contribution >= 4 is 88.6 Å². The summed E-state index contributed by atoms with van der Waals surface area (Å²) in [6.07, 6.45) is 7.53. The first-order valence-electron chi connectivity index (χ1n) is 27.3. The molecule has 12 atom stereocenters. The molecule has 30 nitrogen and oxygen atoms in total. The van der Waals surface area contributed by atoms with E-state index in [9.17, 15) is 73.2 Å². The molecule has 2 aliphatic heterocycles. The highest BCUT2D eigenvalue weighted by atomic mass is 32.2. The van der Waals surface area contributed by atoms with Gasteiger partial charge in [-0.1, -0.05) is 13.8 Å². The number of H-pyrrole nitrogens is 2. The van der Waals surface area contributed by atoms with Crippen LogP contribution in [0.1, 0.15) is 84.0 Å². The van der Waals surface area contributed by atoms with Crippen molar-refractivity contribution in [1.29, 1.82) is 0 Å². The number of carboxylic acid groups (broad SMARTS) is 1. The van der Waals surface area contributed by atoms with E-state index >= 15 is 0 Å². The minimum Gasteiger partial charge on any atom is -0.480 e. The molecule has 2 aromatic rings. The van der Waals surface area contributed by atoms with E-state index in [1.165, 1.54) is 72.2 Å². The maximum atomic E-state index is 14.0. The molecule has 2 aromatic heterocycles. The van der Waals surface area contributed by atoms with Crippen LogP contribution in [0.4, 0.5) is 0 Å². The van der Waals surface area contributed by atoms with Crippen LogP contribution in [0.25, 0.3) is 0 Å². The van der Waals surface area contributed by atoms with Crippen LogP contribution in [0.5, 0.6) is 0 Å². The first-order chi connectivity index (χ1) is 39.4. The van der Waals surface area contributed by atoms with Crippen molar-refractivity contribution in [2.45, 2.75) is 158 Å². The van der Waals surface area contributed by atoms with Crippen molar-refractivity contribution in [2.75, 3.05) is 50.3 Å². The van der Waals surface area contributed by atoms with Crippen LogP contribution >= 0.6 is 23.5 Å². The zero-order valence-electron chi connectivity index (χ0n) is 47.4. The first kappa shape index (κ1) is 68.6. The fraction of sp³-hybridized carbons (Fsp3) is 0.667. The Hall–Kier alpha value is -6.87.